The van der Waals surface area contributed by atoms with Gasteiger partial charge in [-0.15, -0.1) is 0 Å². The van der Waals surface area contributed by atoms with E-state index in [1.54, 1.807) is 4.90 Å². The smallest absolute Gasteiger partial charge is 0.242 e. The van der Waals surface area contributed by atoms with Gasteiger partial charge in [-0.25, -0.2) is 12.8 Å². The lowest BCUT2D eigenvalue weighted by molar-refractivity contribution is -0.141. The first kappa shape index (κ1) is 26.3. The standard InChI is InChI=1S/C24H32FN3O4S/c1-4-22(24(30)26-5-2)27(18-19-10-7-6-8-11-19)23(29)12-9-17-28(33(3,31)32)21-15-13-20(25)14-16-21/h6-8,10-11,13-16,22H,4-5,9,12,17-18H2,1-3H3,(H,26,30)/t22-/m1/s1. The SMILES string of the molecule is CCNC(=O)[C@@H](CC)N(Cc1ccccc1)C(=O)CCCN(c1ccc(F)cc1)S(C)(=O)=O. The van der Waals surface area contributed by atoms with Crippen molar-refractivity contribution in [2.45, 2.75) is 45.7 Å². The van der Waals surface area contributed by atoms with E-state index >= 15 is 0 Å². The summed E-state index contributed by atoms with van der Waals surface area (Å²) >= 11 is 0. The van der Waals surface area contributed by atoms with Crippen molar-refractivity contribution >= 4 is 27.5 Å². The molecule has 180 valence electrons. The number of benzene rings is 2. The number of likely N-dealkylation sites (N-methyl/N-ethyl adjacent to an activating group) is 1. The monoisotopic (exact) mass is 477 g/mol. The Kier molecular flexibility index (Phi) is 9.84. The molecule has 0 aliphatic carbocycles. The molecule has 0 aliphatic heterocycles. The molecule has 2 amide bonds. The Morgan fingerprint density at radius 2 is 1.67 bits per heavy atom. The van der Waals surface area contributed by atoms with Gasteiger partial charge in [0.1, 0.15) is 11.9 Å². The van der Waals surface area contributed by atoms with Crippen LogP contribution in [-0.2, 0) is 26.2 Å². The number of sulfonamides is 1. The van der Waals surface area contributed by atoms with E-state index in [0.29, 0.717) is 18.7 Å². The van der Waals surface area contributed by atoms with E-state index in [1.165, 1.54) is 24.3 Å². The Bertz CT molecular complexity index is 1010. The minimum absolute atomic E-state index is 0.0628. The molecule has 33 heavy (non-hydrogen) atoms. The highest BCUT2D eigenvalue weighted by molar-refractivity contribution is 7.92. The second-order valence-corrected chi connectivity index (χ2v) is 9.65. The van der Waals surface area contributed by atoms with Crippen molar-refractivity contribution in [2.75, 3.05) is 23.7 Å². The lowest BCUT2D eigenvalue weighted by atomic mass is 10.1. The number of carbonyl (C=O) groups is 2. The van der Waals surface area contributed by atoms with Gasteiger partial charge in [-0.2, -0.15) is 0 Å². The molecule has 0 bridgehead atoms. The van der Waals surface area contributed by atoms with Gasteiger partial charge < -0.3 is 10.2 Å². The Morgan fingerprint density at radius 3 is 2.21 bits per heavy atom. The molecule has 2 rings (SSSR count). The van der Waals surface area contributed by atoms with E-state index in [9.17, 15) is 22.4 Å². The largest absolute Gasteiger partial charge is 0.355 e. The predicted molar refractivity (Wildman–Crippen MR) is 128 cm³/mol. The highest BCUT2D eigenvalue weighted by atomic mass is 32.2. The van der Waals surface area contributed by atoms with E-state index < -0.39 is 21.9 Å². The Hall–Kier alpha value is -2.94. The summed E-state index contributed by atoms with van der Waals surface area (Å²) in [5.74, 6) is -0.909. The fourth-order valence-corrected chi connectivity index (χ4v) is 4.57. The number of hydrogen-bond donors (Lipinski definition) is 1. The first-order valence-corrected chi connectivity index (χ1v) is 12.9. The second kappa shape index (κ2) is 12.3. The van der Waals surface area contributed by atoms with Gasteiger partial charge in [0, 0.05) is 26.1 Å². The molecule has 0 heterocycles. The average molecular weight is 478 g/mol. The van der Waals surface area contributed by atoms with Crippen molar-refractivity contribution in [2.24, 2.45) is 0 Å². The van der Waals surface area contributed by atoms with Gasteiger partial charge in [0.05, 0.1) is 11.9 Å². The minimum Gasteiger partial charge on any atom is -0.355 e. The predicted octanol–water partition coefficient (Wildman–Crippen LogP) is 3.32. The molecular formula is C24H32FN3O4S. The summed E-state index contributed by atoms with van der Waals surface area (Å²) in [6, 6.07) is 14.0. The van der Waals surface area contributed by atoms with Gasteiger partial charge in [-0.3, -0.25) is 13.9 Å². The van der Waals surface area contributed by atoms with E-state index in [1.807, 2.05) is 44.2 Å². The van der Waals surface area contributed by atoms with Crippen LogP contribution in [0.1, 0.15) is 38.7 Å². The Labute approximate surface area is 195 Å². The number of carbonyl (C=O) groups excluding carboxylic acids is 2. The van der Waals surface area contributed by atoms with Gasteiger partial charge >= 0.3 is 0 Å². The summed E-state index contributed by atoms with van der Waals surface area (Å²) in [4.78, 5) is 27.4. The molecule has 0 saturated heterocycles. The van der Waals surface area contributed by atoms with Gasteiger partial charge in [0.15, 0.2) is 0 Å². The van der Waals surface area contributed by atoms with Crippen LogP contribution in [0, 0.1) is 5.82 Å². The van der Waals surface area contributed by atoms with Crippen LogP contribution >= 0.6 is 0 Å². The van der Waals surface area contributed by atoms with Crippen LogP contribution in [0.3, 0.4) is 0 Å². The molecule has 0 saturated carbocycles. The number of nitrogens with one attached hydrogen (secondary N) is 1. The number of amides is 2. The zero-order valence-corrected chi connectivity index (χ0v) is 20.1. The quantitative estimate of drug-likeness (QED) is 0.508. The summed E-state index contributed by atoms with van der Waals surface area (Å²) in [6.45, 7) is 4.48. The lowest BCUT2D eigenvalue weighted by Crippen LogP contribution is -2.49. The molecule has 1 atom stereocenters. The van der Waals surface area contributed by atoms with Crippen LogP contribution in [0.25, 0.3) is 0 Å². The van der Waals surface area contributed by atoms with Crippen molar-refractivity contribution < 1.29 is 22.4 Å². The molecule has 1 N–H and O–H groups in total. The molecule has 0 unspecified atom stereocenters. The van der Waals surface area contributed by atoms with E-state index in [2.05, 4.69) is 5.32 Å². The molecule has 2 aromatic rings. The summed E-state index contributed by atoms with van der Waals surface area (Å²) < 4.78 is 38.9. The van der Waals surface area contributed by atoms with Crippen LogP contribution in [0.2, 0.25) is 0 Å². The highest BCUT2D eigenvalue weighted by Crippen LogP contribution is 2.20. The van der Waals surface area contributed by atoms with E-state index in [0.717, 1.165) is 16.1 Å². The fraction of sp³-hybridized carbons (Fsp3) is 0.417. The topological polar surface area (TPSA) is 86.8 Å². The summed E-state index contributed by atoms with van der Waals surface area (Å²) in [7, 11) is -3.62. The van der Waals surface area contributed by atoms with Crippen LogP contribution in [0.5, 0.6) is 0 Å². The molecule has 2 aromatic carbocycles. The van der Waals surface area contributed by atoms with Crippen molar-refractivity contribution in [3.63, 3.8) is 0 Å². The number of anilines is 1. The van der Waals surface area contributed by atoms with Gasteiger partial charge in [-0.1, -0.05) is 37.3 Å². The molecular weight excluding hydrogens is 445 g/mol. The first-order chi connectivity index (χ1) is 15.7. The fourth-order valence-electron chi connectivity index (χ4n) is 3.60. The van der Waals surface area contributed by atoms with Crippen molar-refractivity contribution in [3.8, 4) is 0 Å². The third-order valence-corrected chi connectivity index (χ3v) is 6.39. The zero-order chi connectivity index (χ0) is 24.4. The van der Waals surface area contributed by atoms with Crippen LogP contribution in [0.4, 0.5) is 10.1 Å². The van der Waals surface area contributed by atoms with Gasteiger partial charge in [-0.05, 0) is 49.6 Å². The molecule has 0 fully saturated rings. The maximum Gasteiger partial charge on any atom is 0.242 e. The number of rotatable bonds is 12. The summed E-state index contributed by atoms with van der Waals surface area (Å²) in [6.07, 6.45) is 1.84. The first-order valence-electron chi connectivity index (χ1n) is 11.0. The number of hydrogen-bond acceptors (Lipinski definition) is 4. The molecule has 0 aromatic heterocycles. The third-order valence-electron chi connectivity index (χ3n) is 5.20. The maximum absolute atomic E-state index is 13.3. The normalized spacial score (nSPS) is 12.1. The van der Waals surface area contributed by atoms with Crippen molar-refractivity contribution in [1.29, 1.82) is 0 Å². The molecule has 9 heteroatoms. The van der Waals surface area contributed by atoms with E-state index in [-0.39, 0.29) is 37.7 Å². The number of halogens is 1. The molecule has 7 nitrogen and oxygen atoms in total. The minimum atomic E-state index is -3.62. The molecule has 0 spiro atoms. The zero-order valence-electron chi connectivity index (χ0n) is 19.3. The molecule has 0 radical (unpaired) electrons. The van der Waals surface area contributed by atoms with Crippen LogP contribution < -0.4 is 9.62 Å². The van der Waals surface area contributed by atoms with Crippen LogP contribution in [-0.4, -0.2) is 50.5 Å². The van der Waals surface area contributed by atoms with Crippen LogP contribution in [0.15, 0.2) is 54.6 Å². The maximum atomic E-state index is 13.3. The summed E-state index contributed by atoms with van der Waals surface area (Å²) in [5, 5.41) is 2.79. The summed E-state index contributed by atoms with van der Waals surface area (Å²) in [5.41, 5.74) is 1.24. The Morgan fingerprint density at radius 1 is 1.03 bits per heavy atom. The third kappa shape index (κ3) is 7.85. The average Bonchev–Trinajstić information content (AvgIpc) is 2.77. The second-order valence-electron chi connectivity index (χ2n) is 7.74. The van der Waals surface area contributed by atoms with Crippen molar-refractivity contribution in [1.82, 2.24) is 10.2 Å². The lowest BCUT2D eigenvalue weighted by Gasteiger charge is -2.31. The molecule has 0 aliphatic rings. The van der Waals surface area contributed by atoms with Gasteiger partial charge in [0.25, 0.3) is 0 Å². The van der Waals surface area contributed by atoms with Gasteiger partial charge in [0.2, 0.25) is 21.8 Å². The van der Waals surface area contributed by atoms with Crippen molar-refractivity contribution in [3.05, 3.63) is 66.0 Å². The number of nitrogens with zero attached hydrogens (tertiary/aromatic N) is 2. The Balaban J connectivity index is 2.16. The highest BCUT2D eigenvalue weighted by Gasteiger charge is 2.28. The van der Waals surface area contributed by atoms with E-state index in [4.69, 9.17) is 0 Å².